The predicted molar refractivity (Wildman–Crippen MR) is 73.7 cm³/mol. The van der Waals surface area contributed by atoms with Crippen molar-refractivity contribution in [2.24, 2.45) is 0 Å². The van der Waals surface area contributed by atoms with Crippen LogP contribution in [0.1, 0.15) is 31.2 Å². The molecule has 2 rings (SSSR count). The molecule has 1 aliphatic rings. The highest BCUT2D eigenvalue weighted by molar-refractivity contribution is 7.89. The van der Waals surface area contributed by atoms with Gasteiger partial charge in [0.2, 0.25) is 15.9 Å². The molecule has 0 aromatic carbocycles. The largest absolute Gasteiger partial charge is 0.339 e. The fourth-order valence-corrected chi connectivity index (χ4v) is 3.68. The van der Waals surface area contributed by atoms with Crippen molar-refractivity contribution in [2.45, 2.75) is 44.6 Å². The van der Waals surface area contributed by atoms with Crippen LogP contribution in [0.25, 0.3) is 0 Å². The lowest BCUT2D eigenvalue weighted by Crippen LogP contribution is -2.38. The van der Waals surface area contributed by atoms with E-state index in [0.29, 0.717) is 17.9 Å². The van der Waals surface area contributed by atoms with E-state index in [9.17, 15) is 13.2 Å². The van der Waals surface area contributed by atoms with Crippen LogP contribution in [0.15, 0.2) is 4.90 Å². The zero-order chi connectivity index (χ0) is 14.9. The summed E-state index contributed by atoms with van der Waals surface area (Å²) in [5.74, 6) is -0.0117. The molecule has 1 aromatic heterocycles. The van der Waals surface area contributed by atoms with Crippen LogP contribution in [0, 0.1) is 13.8 Å². The molecular weight excluding hydrogens is 280 g/mol. The van der Waals surface area contributed by atoms with Gasteiger partial charge < -0.3 is 4.90 Å². The highest BCUT2D eigenvalue weighted by Gasteiger charge is 2.31. The zero-order valence-electron chi connectivity index (χ0n) is 11.9. The number of aromatic nitrogens is 2. The molecule has 8 heteroatoms. The number of carbonyl (C=O) groups excluding carboxylic acids is 1. The number of aryl methyl sites for hydroxylation is 2. The van der Waals surface area contributed by atoms with Gasteiger partial charge in [0.25, 0.3) is 0 Å². The van der Waals surface area contributed by atoms with Gasteiger partial charge >= 0.3 is 0 Å². The van der Waals surface area contributed by atoms with Gasteiger partial charge in [-0.15, -0.1) is 0 Å². The van der Waals surface area contributed by atoms with Crippen LogP contribution in [0.5, 0.6) is 0 Å². The smallest absolute Gasteiger partial charge is 0.244 e. The summed E-state index contributed by atoms with van der Waals surface area (Å²) in [4.78, 5) is 13.4. The Bertz CT molecular complexity index is 585. The van der Waals surface area contributed by atoms with E-state index < -0.39 is 10.0 Å². The first-order valence-electron chi connectivity index (χ1n) is 6.61. The average molecular weight is 300 g/mol. The third-order valence-electron chi connectivity index (χ3n) is 3.37. The molecule has 1 saturated carbocycles. The highest BCUT2D eigenvalue weighted by atomic mass is 32.2. The Morgan fingerprint density at radius 1 is 1.45 bits per heavy atom. The van der Waals surface area contributed by atoms with Crippen LogP contribution < -0.4 is 4.72 Å². The Hall–Kier alpha value is -1.41. The second-order valence-corrected chi connectivity index (χ2v) is 6.81. The van der Waals surface area contributed by atoms with Crippen molar-refractivity contribution in [3.8, 4) is 0 Å². The molecule has 20 heavy (non-hydrogen) atoms. The molecule has 0 spiro atoms. The lowest BCUT2D eigenvalue weighted by molar-refractivity contribution is -0.129. The second-order valence-electron chi connectivity index (χ2n) is 5.10. The van der Waals surface area contributed by atoms with E-state index in [1.54, 1.807) is 18.7 Å². The van der Waals surface area contributed by atoms with Crippen LogP contribution in [0.4, 0.5) is 0 Å². The van der Waals surface area contributed by atoms with Crippen LogP contribution in [-0.2, 0) is 14.8 Å². The molecule has 7 nitrogen and oxygen atoms in total. The van der Waals surface area contributed by atoms with Crippen LogP contribution in [-0.4, -0.2) is 48.6 Å². The van der Waals surface area contributed by atoms with Gasteiger partial charge in [-0.05, 0) is 26.7 Å². The fourth-order valence-electron chi connectivity index (χ4n) is 2.29. The van der Waals surface area contributed by atoms with E-state index in [2.05, 4.69) is 14.9 Å². The molecule has 112 valence electrons. The van der Waals surface area contributed by atoms with Crippen molar-refractivity contribution in [2.75, 3.05) is 13.1 Å². The number of amides is 1. The van der Waals surface area contributed by atoms with Gasteiger partial charge in [-0.3, -0.25) is 9.89 Å². The Morgan fingerprint density at radius 3 is 2.55 bits per heavy atom. The molecule has 0 atom stereocenters. The van der Waals surface area contributed by atoms with Crippen molar-refractivity contribution >= 4 is 15.9 Å². The lowest BCUT2D eigenvalue weighted by atomic mass is 10.4. The molecule has 0 radical (unpaired) electrons. The number of nitrogens with zero attached hydrogens (tertiary/aromatic N) is 2. The topological polar surface area (TPSA) is 95.2 Å². The molecule has 1 aromatic rings. The summed E-state index contributed by atoms with van der Waals surface area (Å²) in [6, 6.07) is 0.286. The Kier molecular flexibility index (Phi) is 4.14. The number of hydrogen-bond donors (Lipinski definition) is 2. The van der Waals surface area contributed by atoms with Crippen molar-refractivity contribution in [1.29, 1.82) is 0 Å². The second kappa shape index (κ2) is 5.53. The molecule has 0 unspecified atom stereocenters. The van der Waals surface area contributed by atoms with Crippen LogP contribution >= 0.6 is 0 Å². The summed E-state index contributed by atoms with van der Waals surface area (Å²) in [6.07, 6.45) is 2.01. The third kappa shape index (κ3) is 3.18. The van der Waals surface area contributed by atoms with E-state index in [-0.39, 0.29) is 23.4 Å². The summed E-state index contributed by atoms with van der Waals surface area (Å²) < 4.78 is 26.9. The number of hydrogen-bond acceptors (Lipinski definition) is 4. The average Bonchev–Trinajstić information content (AvgIpc) is 3.10. The summed E-state index contributed by atoms with van der Waals surface area (Å²) in [5, 5.41) is 6.54. The summed E-state index contributed by atoms with van der Waals surface area (Å²) in [5.41, 5.74) is 0.959. The number of carbonyl (C=O) groups is 1. The van der Waals surface area contributed by atoms with Crippen LogP contribution in [0.3, 0.4) is 0 Å². The van der Waals surface area contributed by atoms with Gasteiger partial charge in [0, 0.05) is 26.1 Å². The first-order chi connectivity index (χ1) is 9.33. The van der Waals surface area contributed by atoms with Gasteiger partial charge in [-0.2, -0.15) is 5.10 Å². The van der Waals surface area contributed by atoms with E-state index in [1.165, 1.54) is 6.92 Å². The Balaban J connectivity index is 1.98. The van der Waals surface area contributed by atoms with Gasteiger partial charge in [0.1, 0.15) is 4.90 Å². The molecule has 1 heterocycles. The first-order valence-corrected chi connectivity index (χ1v) is 8.09. The number of rotatable bonds is 6. The fraction of sp³-hybridized carbons (Fsp3) is 0.667. The third-order valence-corrected chi connectivity index (χ3v) is 5.09. The van der Waals surface area contributed by atoms with Gasteiger partial charge in [-0.1, -0.05) is 0 Å². The minimum atomic E-state index is -3.59. The summed E-state index contributed by atoms with van der Waals surface area (Å²) in [7, 11) is -3.59. The molecule has 2 N–H and O–H groups in total. The maximum Gasteiger partial charge on any atom is 0.244 e. The van der Waals surface area contributed by atoms with Crippen molar-refractivity contribution in [3.05, 3.63) is 11.4 Å². The molecule has 1 fully saturated rings. The first kappa shape index (κ1) is 15.0. The monoisotopic (exact) mass is 300 g/mol. The predicted octanol–water partition coefficient (Wildman–Crippen LogP) is 0.316. The van der Waals surface area contributed by atoms with E-state index in [1.807, 2.05) is 0 Å². The standard InChI is InChI=1S/C12H20N4O3S/c1-8-12(9(2)15-14-8)20(18,19)13-6-7-16(10(3)17)11-4-5-11/h11,13H,4-7H2,1-3H3,(H,14,15). The highest BCUT2D eigenvalue weighted by Crippen LogP contribution is 2.26. The lowest BCUT2D eigenvalue weighted by Gasteiger charge is -2.20. The number of sulfonamides is 1. The van der Waals surface area contributed by atoms with Gasteiger partial charge in [0.05, 0.1) is 11.4 Å². The maximum absolute atomic E-state index is 12.2. The summed E-state index contributed by atoms with van der Waals surface area (Å²) >= 11 is 0. The minimum Gasteiger partial charge on any atom is -0.339 e. The molecule has 0 bridgehead atoms. The van der Waals surface area contributed by atoms with Crippen molar-refractivity contribution < 1.29 is 13.2 Å². The SMILES string of the molecule is CC(=O)N(CCNS(=O)(=O)c1c(C)n[nH]c1C)C1CC1. The van der Waals surface area contributed by atoms with Gasteiger partial charge in [0.15, 0.2) is 0 Å². The molecule has 0 saturated heterocycles. The minimum absolute atomic E-state index is 0.0117. The van der Waals surface area contributed by atoms with E-state index in [4.69, 9.17) is 0 Å². The molecule has 1 aliphatic carbocycles. The summed E-state index contributed by atoms with van der Waals surface area (Å²) in [6.45, 7) is 5.43. The van der Waals surface area contributed by atoms with E-state index in [0.717, 1.165) is 12.8 Å². The van der Waals surface area contributed by atoms with Crippen molar-refractivity contribution in [1.82, 2.24) is 19.8 Å². The number of H-pyrrole nitrogens is 1. The van der Waals surface area contributed by atoms with E-state index >= 15 is 0 Å². The molecular formula is C12H20N4O3S. The Morgan fingerprint density at radius 2 is 2.10 bits per heavy atom. The number of aromatic amines is 1. The quantitative estimate of drug-likeness (QED) is 0.790. The van der Waals surface area contributed by atoms with Gasteiger partial charge in [-0.25, -0.2) is 13.1 Å². The van der Waals surface area contributed by atoms with Crippen molar-refractivity contribution in [3.63, 3.8) is 0 Å². The Labute approximate surface area is 118 Å². The normalized spacial score (nSPS) is 15.3. The molecule has 0 aliphatic heterocycles. The molecule has 1 amide bonds. The van der Waals surface area contributed by atoms with Crippen LogP contribution in [0.2, 0.25) is 0 Å². The zero-order valence-corrected chi connectivity index (χ0v) is 12.7. The maximum atomic E-state index is 12.2. The number of nitrogens with one attached hydrogen (secondary N) is 2.